The van der Waals surface area contributed by atoms with Crippen molar-refractivity contribution in [1.29, 1.82) is 0 Å². The molecular formula is C46H71N13O9. The molecule has 22 nitrogen and oxygen atoms in total. The quantitative estimate of drug-likeness (QED) is 0.0408. The van der Waals surface area contributed by atoms with Gasteiger partial charge in [-0.25, -0.2) is 4.98 Å². The van der Waals surface area contributed by atoms with Crippen LogP contribution in [-0.2, 0) is 56.0 Å². The van der Waals surface area contributed by atoms with Crippen LogP contribution in [0.4, 0.5) is 0 Å². The minimum atomic E-state index is -1.19. The van der Waals surface area contributed by atoms with Crippen molar-refractivity contribution in [2.75, 3.05) is 13.1 Å². The fourth-order valence-electron chi connectivity index (χ4n) is 7.34. The van der Waals surface area contributed by atoms with Crippen LogP contribution in [0.2, 0.25) is 0 Å². The van der Waals surface area contributed by atoms with Gasteiger partial charge in [0.2, 0.25) is 53.2 Å². The van der Waals surface area contributed by atoms with Crippen LogP contribution in [0, 0.1) is 23.7 Å². The molecule has 0 aliphatic rings. The monoisotopic (exact) mass is 950 g/mol. The lowest BCUT2D eigenvalue weighted by Gasteiger charge is -2.26. The molecule has 1 aromatic carbocycles. The Labute approximate surface area is 396 Å². The van der Waals surface area contributed by atoms with Crippen molar-refractivity contribution in [1.82, 2.24) is 52.2 Å². The lowest BCUT2D eigenvalue weighted by atomic mass is 9.94. The first kappa shape index (κ1) is 55.5. The first-order valence-electron chi connectivity index (χ1n) is 23.0. The summed E-state index contributed by atoms with van der Waals surface area (Å²) in [5.74, 6) is -6.59. The molecule has 68 heavy (non-hydrogen) atoms. The van der Waals surface area contributed by atoms with Crippen molar-refractivity contribution >= 4 is 64.1 Å². The van der Waals surface area contributed by atoms with Crippen LogP contribution in [0.25, 0.3) is 10.9 Å². The summed E-state index contributed by atoms with van der Waals surface area (Å²) in [4.78, 5) is 127. The van der Waals surface area contributed by atoms with E-state index in [1.165, 1.54) is 19.4 Å². The van der Waals surface area contributed by atoms with E-state index in [0.29, 0.717) is 24.1 Å². The highest BCUT2D eigenvalue weighted by atomic mass is 16.2. The van der Waals surface area contributed by atoms with Gasteiger partial charge >= 0.3 is 0 Å². The Bertz CT molecular complexity index is 2190. The number of amides is 9. The molecule has 15 N–H and O–H groups in total. The number of aromatic amines is 2. The topological polar surface area (TPSA) is 360 Å². The molecule has 0 aliphatic carbocycles. The van der Waals surface area contributed by atoms with Crippen LogP contribution in [0.15, 0.2) is 43.0 Å². The molecule has 0 saturated carbocycles. The van der Waals surface area contributed by atoms with Crippen LogP contribution in [0.3, 0.4) is 0 Å². The number of carbonyl (C=O) groups excluding carboxylic acids is 9. The molecule has 0 fully saturated rings. The van der Waals surface area contributed by atoms with Gasteiger partial charge in [0.05, 0.1) is 18.3 Å². The van der Waals surface area contributed by atoms with E-state index in [4.69, 9.17) is 17.2 Å². The number of H-pyrrole nitrogens is 2. The minimum absolute atomic E-state index is 0.0217. The molecule has 3 rings (SSSR count). The Morgan fingerprint density at radius 3 is 1.94 bits per heavy atom. The number of rotatable bonds is 29. The Kier molecular flexibility index (Phi) is 22.1. The maximum absolute atomic E-state index is 13.7. The second-order valence-corrected chi connectivity index (χ2v) is 18.3. The van der Waals surface area contributed by atoms with Crippen LogP contribution >= 0.6 is 0 Å². The number of benzene rings is 1. The van der Waals surface area contributed by atoms with E-state index in [1.807, 2.05) is 52.0 Å². The second-order valence-electron chi connectivity index (χ2n) is 18.3. The zero-order valence-corrected chi connectivity index (χ0v) is 40.0. The van der Waals surface area contributed by atoms with Gasteiger partial charge in [0.1, 0.15) is 30.2 Å². The van der Waals surface area contributed by atoms with Gasteiger partial charge < -0.3 is 64.4 Å². The lowest BCUT2D eigenvalue weighted by molar-refractivity contribution is -0.134. The highest BCUT2D eigenvalue weighted by Crippen LogP contribution is 2.20. The number of primary amides is 2. The molecule has 1 unspecified atom stereocenters. The third-order valence-corrected chi connectivity index (χ3v) is 11.1. The Morgan fingerprint density at radius 2 is 1.32 bits per heavy atom. The van der Waals surface area contributed by atoms with Crippen molar-refractivity contribution in [3.63, 3.8) is 0 Å². The smallest absolute Gasteiger partial charge is 0.243 e. The number of hydrogen-bond donors (Lipinski definition) is 12. The van der Waals surface area contributed by atoms with Crippen molar-refractivity contribution in [3.05, 3.63) is 54.2 Å². The number of para-hydroxylation sites is 1. The minimum Gasteiger partial charge on any atom is -0.370 e. The zero-order chi connectivity index (χ0) is 50.7. The van der Waals surface area contributed by atoms with Crippen LogP contribution in [0.1, 0.15) is 91.8 Å². The molecule has 0 saturated heterocycles. The fraction of sp³-hybridized carbons (Fsp3) is 0.565. The molecule has 2 heterocycles. The highest BCUT2D eigenvalue weighted by Gasteiger charge is 2.32. The molecule has 374 valence electrons. The van der Waals surface area contributed by atoms with Crippen molar-refractivity contribution in [2.24, 2.45) is 40.9 Å². The zero-order valence-electron chi connectivity index (χ0n) is 40.0. The average Bonchev–Trinajstić information content (AvgIpc) is 3.94. The van der Waals surface area contributed by atoms with Gasteiger partial charge in [-0.2, -0.15) is 0 Å². The van der Waals surface area contributed by atoms with Gasteiger partial charge in [0.15, 0.2) is 0 Å². The summed E-state index contributed by atoms with van der Waals surface area (Å²) in [6.07, 6.45) is 5.00. The summed E-state index contributed by atoms with van der Waals surface area (Å²) in [5, 5.41) is 19.6. The van der Waals surface area contributed by atoms with Crippen molar-refractivity contribution in [2.45, 2.75) is 130 Å². The number of fused-ring (bicyclic) bond motifs is 1. The Balaban J connectivity index is 1.62. The third-order valence-electron chi connectivity index (χ3n) is 11.1. The molecule has 0 radical (unpaired) electrons. The number of carbonyl (C=O) groups is 9. The Hall–Kier alpha value is -6.84. The molecule has 7 atom stereocenters. The molecule has 0 aliphatic heterocycles. The maximum Gasteiger partial charge on any atom is 0.243 e. The van der Waals surface area contributed by atoms with Crippen LogP contribution < -0.4 is 54.4 Å². The predicted octanol–water partition coefficient (Wildman–Crippen LogP) is -0.815. The first-order chi connectivity index (χ1) is 32.1. The maximum atomic E-state index is 13.7. The number of nitrogens with two attached hydrogens (primary N) is 3. The number of nitrogens with one attached hydrogen (secondary N) is 9. The van der Waals surface area contributed by atoms with Gasteiger partial charge in [-0.15, -0.1) is 0 Å². The van der Waals surface area contributed by atoms with Crippen LogP contribution in [-0.4, -0.2) is 117 Å². The molecule has 2 aromatic heterocycles. The van der Waals surface area contributed by atoms with E-state index in [0.717, 1.165) is 10.9 Å². The summed E-state index contributed by atoms with van der Waals surface area (Å²) in [6.45, 7) is 12.2. The summed E-state index contributed by atoms with van der Waals surface area (Å²) < 4.78 is 0. The van der Waals surface area contributed by atoms with E-state index in [2.05, 4.69) is 52.2 Å². The summed E-state index contributed by atoms with van der Waals surface area (Å²) >= 11 is 0. The van der Waals surface area contributed by atoms with E-state index in [1.54, 1.807) is 20.0 Å². The molecular weight excluding hydrogens is 879 g/mol. The van der Waals surface area contributed by atoms with Crippen LogP contribution in [0.5, 0.6) is 0 Å². The fourth-order valence-corrected chi connectivity index (χ4v) is 7.34. The number of aromatic nitrogens is 3. The molecule has 0 bridgehead atoms. The summed E-state index contributed by atoms with van der Waals surface area (Å²) in [6, 6.07) is 0.791. The second kappa shape index (κ2) is 27.1. The molecule has 22 heteroatoms. The predicted molar refractivity (Wildman–Crippen MR) is 253 cm³/mol. The largest absolute Gasteiger partial charge is 0.370 e. The molecule has 3 aromatic rings. The van der Waals surface area contributed by atoms with E-state index >= 15 is 0 Å². The normalized spacial score (nSPS) is 14.5. The summed E-state index contributed by atoms with van der Waals surface area (Å²) in [5.41, 5.74) is 18.8. The number of nitrogens with zero attached hydrogens (tertiary/aromatic N) is 1. The number of imidazole rings is 1. The van der Waals surface area contributed by atoms with Gasteiger partial charge in [0, 0.05) is 67.8 Å². The number of hydrogen-bond acceptors (Lipinski definition) is 11. The molecule has 0 spiro atoms. The van der Waals surface area contributed by atoms with E-state index in [-0.39, 0.29) is 57.0 Å². The van der Waals surface area contributed by atoms with Crippen molar-refractivity contribution in [3.8, 4) is 0 Å². The first-order valence-corrected chi connectivity index (χ1v) is 23.0. The van der Waals surface area contributed by atoms with E-state index in [9.17, 15) is 43.2 Å². The van der Waals surface area contributed by atoms with Gasteiger partial charge in [-0.3, -0.25) is 43.2 Å². The van der Waals surface area contributed by atoms with Gasteiger partial charge in [0.25, 0.3) is 0 Å². The summed E-state index contributed by atoms with van der Waals surface area (Å²) in [7, 11) is 0. The lowest BCUT2D eigenvalue weighted by Crippen LogP contribution is -2.58. The highest BCUT2D eigenvalue weighted by molar-refractivity contribution is 5.96. The third kappa shape index (κ3) is 18.4. The molecule has 9 amide bonds. The van der Waals surface area contributed by atoms with Gasteiger partial charge in [-0.05, 0) is 55.6 Å². The average molecular weight is 950 g/mol. The van der Waals surface area contributed by atoms with Gasteiger partial charge in [-0.1, -0.05) is 59.7 Å². The van der Waals surface area contributed by atoms with E-state index < -0.39 is 101 Å². The standard InChI is InChI=1S/C46H71N13O9/c1-24(2)16-29(42(64)57-34(40(49)62)17-25(3)4)21-53-44(66)36(19-30-22-50-23-54-30)56-38(61)14-15-51-46(68)39(26(5)6)59-41(63)27(7)55-45(67)35(58-43(65)32(47)12-13-37(48)60)18-28-20-52-33-11-9-8-10-31(28)33/h8-11,20,22-27,29,32,34-36,39,52H,12-19,21,47H2,1-7H3,(H2,48,60)(H2,49,62)(H,50,54)(H,51,68)(H,53,66)(H,55,67)(H,56,61)(H,57,64)(H,58,65)(H,59,63)/t27-,29?,32-,34-,35-,36-,39-/m0/s1. The SMILES string of the molecule is CC(C)CC(CNC(=O)[C@H](Cc1cnc[nH]1)NC(=O)CCNC(=O)[C@@H](NC(=O)[C@H](C)NC(=O)[C@H](Cc1c[nH]c2ccccc12)NC(=O)[C@@H](N)CCC(N)=O)C(C)C)C(=O)N[C@@H](CC(C)C)C(N)=O. The van der Waals surface area contributed by atoms with Crippen molar-refractivity contribution < 1.29 is 43.2 Å². The Morgan fingerprint density at radius 1 is 0.662 bits per heavy atom.